The number of amides is 1. The van der Waals surface area contributed by atoms with Gasteiger partial charge in [-0.25, -0.2) is 0 Å². The Hall–Kier alpha value is -0.830. The summed E-state index contributed by atoms with van der Waals surface area (Å²) in [6, 6.07) is 7.66. The van der Waals surface area contributed by atoms with Crippen molar-refractivity contribution >= 4 is 21.8 Å². The minimum Gasteiger partial charge on any atom is -0.338 e. The standard InChI is InChI=1S/C14H18BrNO/c1-2-5-11-8-9-16(10-11)14(17)12-6-3-4-7-13(12)15/h3-4,6-7,11H,2,5,8-10H2,1H3. The van der Waals surface area contributed by atoms with Crippen LogP contribution in [-0.4, -0.2) is 23.9 Å². The number of rotatable bonds is 3. The smallest absolute Gasteiger partial charge is 0.255 e. The first-order chi connectivity index (χ1) is 8.22. The summed E-state index contributed by atoms with van der Waals surface area (Å²) < 4.78 is 0.893. The summed E-state index contributed by atoms with van der Waals surface area (Å²) >= 11 is 3.44. The van der Waals surface area contributed by atoms with Crippen LogP contribution in [0.4, 0.5) is 0 Å². The molecule has 1 heterocycles. The van der Waals surface area contributed by atoms with E-state index in [-0.39, 0.29) is 5.91 Å². The molecule has 1 atom stereocenters. The number of hydrogen-bond acceptors (Lipinski definition) is 1. The molecule has 1 unspecified atom stereocenters. The summed E-state index contributed by atoms with van der Waals surface area (Å²) in [5.41, 5.74) is 0.782. The molecule has 0 N–H and O–H groups in total. The quantitative estimate of drug-likeness (QED) is 0.832. The third-order valence-corrected chi connectivity index (χ3v) is 4.07. The number of carbonyl (C=O) groups is 1. The number of benzene rings is 1. The van der Waals surface area contributed by atoms with Gasteiger partial charge in [-0.1, -0.05) is 25.5 Å². The molecule has 0 spiro atoms. The average Bonchev–Trinajstić information content (AvgIpc) is 2.78. The Morgan fingerprint density at radius 3 is 2.94 bits per heavy atom. The van der Waals surface area contributed by atoms with Crippen LogP contribution in [0.15, 0.2) is 28.7 Å². The van der Waals surface area contributed by atoms with Crippen molar-refractivity contribution in [3.63, 3.8) is 0 Å². The summed E-state index contributed by atoms with van der Waals surface area (Å²) in [7, 11) is 0. The van der Waals surface area contributed by atoms with Crippen molar-refractivity contribution in [1.82, 2.24) is 4.90 Å². The van der Waals surface area contributed by atoms with Gasteiger partial charge < -0.3 is 4.90 Å². The zero-order valence-corrected chi connectivity index (χ0v) is 11.7. The van der Waals surface area contributed by atoms with Crippen LogP contribution in [0.3, 0.4) is 0 Å². The Morgan fingerprint density at radius 1 is 1.47 bits per heavy atom. The van der Waals surface area contributed by atoms with Gasteiger partial charge in [0.25, 0.3) is 5.91 Å². The maximum atomic E-state index is 12.3. The first-order valence-corrected chi connectivity index (χ1v) is 7.05. The highest BCUT2D eigenvalue weighted by Gasteiger charge is 2.26. The van der Waals surface area contributed by atoms with Crippen LogP contribution >= 0.6 is 15.9 Å². The SMILES string of the molecule is CCCC1CCN(C(=O)c2ccccc2Br)C1. The number of halogens is 1. The summed E-state index contributed by atoms with van der Waals surface area (Å²) in [5.74, 6) is 0.863. The fourth-order valence-corrected chi connectivity index (χ4v) is 2.92. The fraction of sp³-hybridized carbons (Fsp3) is 0.500. The minimum absolute atomic E-state index is 0.163. The molecule has 92 valence electrons. The molecule has 2 nitrogen and oxygen atoms in total. The molecule has 1 amide bonds. The van der Waals surface area contributed by atoms with E-state index >= 15 is 0 Å². The monoisotopic (exact) mass is 295 g/mol. The molecule has 17 heavy (non-hydrogen) atoms. The van der Waals surface area contributed by atoms with Gasteiger partial charge >= 0.3 is 0 Å². The molecule has 1 saturated heterocycles. The zero-order chi connectivity index (χ0) is 12.3. The Bertz CT molecular complexity index is 405. The van der Waals surface area contributed by atoms with Crippen LogP contribution in [0.2, 0.25) is 0 Å². The second kappa shape index (κ2) is 5.67. The van der Waals surface area contributed by atoms with E-state index in [0.717, 1.165) is 29.5 Å². The van der Waals surface area contributed by atoms with Gasteiger partial charge in [0, 0.05) is 17.6 Å². The second-order valence-corrected chi connectivity index (χ2v) is 5.53. The van der Waals surface area contributed by atoms with Crippen molar-refractivity contribution in [2.75, 3.05) is 13.1 Å². The summed E-state index contributed by atoms with van der Waals surface area (Å²) in [6.45, 7) is 4.04. The van der Waals surface area contributed by atoms with E-state index < -0.39 is 0 Å². The topological polar surface area (TPSA) is 20.3 Å². The number of likely N-dealkylation sites (tertiary alicyclic amines) is 1. The average molecular weight is 296 g/mol. The van der Waals surface area contributed by atoms with Crippen LogP contribution in [0.1, 0.15) is 36.5 Å². The van der Waals surface area contributed by atoms with Gasteiger partial charge in [0.05, 0.1) is 5.56 Å². The summed E-state index contributed by atoms with van der Waals surface area (Å²) in [5, 5.41) is 0. The summed E-state index contributed by atoms with van der Waals surface area (Å²) in [4.78, 5) is 14.3. The first-order valence-electron chi connectivity index (χ1n) is 6.26. The van der Waals surface area contributed by atoms with E-state index in [0.29, 0.717) is 5.92 Å². The van der Waals surface area contributed by atoms with Crippen molar-refractivity contribution in [3.05, 3.63) is 34.3 Å². The van der Waals surface area contributed by atoms with Gasteiger partial charge in [0.15, 0.2) is 0 Å². The van der Waals surface area contributed by atoms with E-state index in [4.69, 9.17) is 0 Å². The Labute approximate surface area is 111 Å². The van der Waals surface area contributed by atoms with Crippen molar-refractivity contribution in [3.8, 4) is 0 Å². The van der Waals surface area contributed by atoms with Crippen molar-refractivity contribution in [1.29, 1.82) is 0 Å². The van der Waals surface area contributed by atoms with E-state index in [2.05, 4.69) is 22.9 Å². The van der Waals surface area contributed by atoms with Crippen molar-refractivity contribution < 1.29 is 4.79 Å². The lowest BCUT2D eigenvalue weighted by molar-refractivity contribution is 0.0785. The van der Waals surface area contributed by atoms with Crippen molar-refractivity contribution in [2.45, 2.75) is 26.2 Å². The molecule has 0 aliphatic carbocycles. The van der Waals surface area contributed by atoms with E-state index in [1.165, 1.54) is 12.8 Å². The van der Waals surface area contributed by atoms with Gasteiger partial charge in [0.1, 0.15) is 0 Å². The highest BCUT2D eigenvalue weighted by molar-refractivity contribution is 9.10. The Morgan fingerprint density at radius 2 is 2.24 bits per heavy atom. The van der Waals surface area contributed by atoms with Gasteiger partial charge in [-0.05, 0) is 46.8 Å². The molecule has 3 heteroatoms. The van der Waals surface area contributed by atoms with Crippen LogP contribution < -0.4 is 0 Å². The maximum absolute atomic E-state index is 12.3. The minimum atomic E-state index is 0.163. The van der Waals surface area contributed by atoms with E-state index in [1.807, 2.05) is 29.2 Å². The molecular weight excluding hydrogens is 278 g/mol. The van der Waals surface area contributed by atoms with Crippen LogP contribution in [-0.2, 0) is 0 Å². The lowest BCUT2D eigenvalue weighted by Gasteiger charge is -2.17. The first kappa shape index (κ1) is 12.6. The zero-order valence-electron chi connectivity index (χ0n) is 10.2. The van der Waals surface area contributed by atoms with E-state index in [1.54, 1.807) is 0 Å². The van der Waals surface area contributed by atoms with Crippen LogP contribution in [0.25, 0.3) is 0 Å². The Kier molecular flexibility index (Phi) is 4.21. The predicted molar refractivity (Wildman–Crippen MR) is 73.1 cm³/mol. The lowest BCUT2D eigenvalue weighted by Crippen LogP contribution is -2.28. The van der Waals surface area contributed by atoms with Gasteiger partial charge in [-0.3, -0.25) is 4.79 Å². The molecule has 1 aromatic rings. The van der Waals surface area contributed by atoms with Crippen LogP contribution in [0.5, 0.6) is 0 Å². The Balaban J connectivity index is 2.05. The number of nitrogens with zero attached hydrogens (tertiary/aromatic N) is 1. The molecule has 1 fully saturated rings. The van der Waals surface area contributed by atoms with Crippen molar-refractivity contribution in [2.24, 2.45) is 5.92 Å². The van der Waals surface area contributed by atoms with Crippen LogP contribution in [0, 0.1) is 5.92 Å². The molecule has 2 rings (SSSR count). The van der Waals surface area contributed by atoms with E-state index in [9.17, 15) is 4.79 Å². The molecule has 0 radical (unpaired) electrons. The molecule has 1 aliphatic rings. The molecular formula is C14H18BrNO. The molecule has 0 bridgehead atoms. The fourth-order valence-electron chi connectivity index (χ4n) is 2.47. The maximum Gasteiger partial charge on any atom is 0.255 e. The number of carbonyl (C=O) groups excluding carboxylic acids is 1. The lowest BCUT2D eigenvalue weighted by atomic mass is 10.0. The second-order valence-electron chi connectivity index (χ2n) is 4.67. The largest absolute Gasteiger partial charge is 0.338 e. The molecule has 0 aromatic heterocycles. The van der Waals surface area contributed by atoms with Gasteiger partial charge in [0.2, 0.25) is 0 Å². The normalized spacial score (nSPS) is 19.6. The predicted octanol–water partition coefficient (Wildman–Crippen LogP) is 3.71. The van der Waals surface area contributed by atoms with Gasteiger partial charge in [-0.15, -0.1) is 0 Å². The highest BCUT2D eigenvalue weighted by atomic mass is 79.9. The van der Waals surface area contributed by atoms with Gasteiger partial charge in [-0.2, -0.15) is 0 Å². The summed E-state index contributed by atoms with van der Waals surface area (Å²) in [6.07, 6.45) is 3.60. The number of hydrogen-bond donors (Lipinski definition) is 0. The highest BCUT2D eigenvalue weighted by Crippen LogP contribution is 2.24. The molecule has 1 aliphatic heterocycles. The third-order valence-electron chi connectivity index (χ3n) is 3.37. The molecule has 1 aromatic carbocycles. The third kappa shape index (κ3) is 2.89. The molecule has 0 saturated carbocycles.